The van der Waals surface area contributed by atoms with Gasteiger partial charge in [-0.3, -0.25) is 10.1 Å². The van der Waals surface area contributed by atoms with Crippen LogP contribution in [0.4, 0.5) is 18.9 Å². The molecule has 0 saturated carbocycles. The molecule has 7 heteroatoms. The van der Waals surface area contributed by atoms with Gasteiger partial charge in [-0.05, 0) is 18.4 Å². The minimum absolute atomic E-state index is 0.0694. The average Bonchev–Trinajstić information content (AvgIpc) is 2.27. The van der Waals surface area contributed by atoms with Crippen molar-refractivity contribution in [3.8, 4) is 0 Å². The lowest BCUT2D eigenvalue weighted by Crippen LogP contribution is -2.13. The van der Waals surface area contributed by atoms with Crippen LogP contribution in [0.15, 0.2) is 18.2 Å². The molecule has 1 unspecified atom stereocenters. The Labute approximate surface area is 117 Å². The minimum atomic E-state index is -4.58. The Morgan fingerprint density at radius 1 is 1.42 bits per heavy atom. The smallest absolute Gasteiger partial charge is 0.258 e. The summed E-state index contributed by atoms with van der Waals surface area (Å²) in [6, 6.07) is 2.89. The predicted octanol–water partition coefficient (Wildman–Crippen LogP) is 4.72. The van der Waals surface area contributed by atoms with E-state index < -0.39 is 22.4 Å². The summed E-state index contributed by atoms with van der Waals surface area (Å²) in [4.78, 5) is 9.65. The largest absolute Gasteiger partial charge is 0.416 e. The van der Waals surface area contributed by atoms with Crippen molar-refractivity contribution in [2.75, 3.05) is 0 Å². The zero-order valence-electron chi connectivity index (χ0n) is 10.2. The van der Waals surface area contributed by atoms with Gasteiger partial charge in [-0.15, -0.1) is 0 Å². The van der Waals surface area contributed by atoms with Gasteiger partial charge >= 0.3 is 6.18 Å². The van der Waals surface area contributed by atoms with Crippen LogP contribution in [0.1, 0.15) is 30.9 Å². The molecule has 0 heterocycles. The van der Waals surface area contributed by atoms with Gasteiger partial charge in [-0.2, -0.15) is 13.2 Å². The Morgan fingerprint density at radius 3 is 2.53 bits per heavy atom. The first-order valence-electron chi connectivity index (χ1n) is 5.74. The van der Waals surface area contributed by atoms with Crippen LogP contribution in [0, 0.1) is 10.1 Å². The normalized spacial score (nSPS) is 13.3. The third-order valence-corrected chi connectivity index (χ3v) is 3.43. The van der Waals surface area contributed by atoms with Crippen molar-refractivity contribution in [1.29, 1.82) is 0 Å². The average molecular weight is 340 g/mol. The maximum Gasteiger partial charge on any atom is 0.416 e. The Kier molecular flexibility index (Phi) is 5.34. The molecule has 1 aromatic carbocycles. The second-order valence-electron chi connectivity index (χ2n) is 4.19. The molecule has 106 valence electrons. The van der Waals surface area contributed by atoms with E-state index >= 15 is 0 Å². The molecule has 0 aliphatic heterocycles. The summed E-state index contributed by atoms with van der Waals surface area (Å²) in [5.74, 6) is 0. The second kappa shape index (κ2) is 6.36. The Balaban J connectivity index is 3.13. The van der Waals surface area contributed by atoms with Gasteiger partial charge < -0.3 is 0 Å². The third kappa shape index (κ3) is 4.49. The van der Waals surface area contributed by atoms with Gasteiger partial charge in [0.2, 0.25) is 0 Å². The summed E-state index contributed by atoms with van der Waals surface area (Å²) in [7, 11) is 0. The third-order valence-electron chi connectivity index (χ3n) is 2.65. The number of nitro benzene ring substituents is 1. The molecule has 19 heavy (non-hydrogen) atoms. The van der Waals surface area contributed by atoms with Crippen molar-refractivity contribution in [2.45, 2.75) is 37.2 Å². The van der Waals surface area contributed by atoms with Crippen LogP contribution in [0.2, 0.25) is 0 Å². The van der Waals surface area contributed by atoms with E-state index in [9.17, 15) is 23.3 Å². The van der Waals surface area contributed by atoms with E-state index in [1.54, 1.807) is 0 Å². The Bertz CT molecular complexity index is 463. The topological polar surface area (TPSA) is 43.1 Å². The van der Waals surface area contributed by atoms with Gasteiger partial charge in [0.05, 0.1) is 10.5 Å². The summed E-state index contributed by atoms with van der Waals surface area (Å²) in [6.07, 6.45) is -2.79. The maximum atomic E-state index is 12.9. The van der Waals surface area contributed by atoms with Crippen molar-refractivity contribution in [3.63, 3.8) is 0 Å². The quantitative estimate of drug-likeness (QED) is 0.442. The summed E-state index contributed by atoms with van der Waals surface area (Å²) in [5, 5.41) is 10.5. The van der Waals surface area contributed by atoms with Gasteiger partial charge in [-0.1, -0.05) is 35.3 Å². The minimum Gasteiger partial charge on any atom is -0.258 e. The standard InChI is InChI=1S/C12H13BrF3NO2/c1-2-3-9(13)6-8-4-5-10(17(18)19)7-11(8)12(14,15)16/h4-5,7,9H,2-3,6H2,1H3. The van der Waals surface area contributed by atoms with E-state index in [1.165, 1.54) is 6.07 Å². The highest BCUT2D eigenvalue weighted by molar-refractivity contribution is 9.09. The predicted molar refractivity (Wildman–Crippen MR) is 69.4 cm³/mol. The molecule has 0 N–H and O–H groups in total. The molecule has 0 bridgehead atoms. The van der Waals surface area contributed by atoms with E-state index in [2.05, 4.69) is 15.9 Å². The highest BCUT2D eigenvalue weighted by Gasteiger charge is 2.35. The van der Waals surface area contributed by atoms with Crippen LogP contribution >= 0.6 is 15.9 Å². The van der Waals surface area contributed by atoms with Crippen LogP contribution in [0.5, 0.6) is 0 Å². The first-order chi connectivity index (χ1) is 8.75. The van der Waals surface area contributed by atoms with Crippen LogP contribution in [-0.4, -0.2) is 9.75 Å². The Morgan fingerprint density at radius 2 is 2.05 bits per heavy atom. The molecule has 0 aromatic heterocycles. The number of nitro groups is 1. The van der Waals surface area contributed by atoms with Crippen molar-refractivity contribution < 1.29 is 18.1 Å². The van der Waals surface area contributed by atoms with Gasteiger partial charge in [0.25, 0.3) is 5.69 Å². The molecule has 1 aromatic rings. The van der Waals surface area contributed by atoms with Crippen molar-refractivity contribution in [3.05, 3.63) is 39.4 Å². The second-order valence-corrected chi connectivity index (χ2v) is 5.48. The lowest BCUT2D eigenvalue weighted by atomic mass is 10.00. The van der Waals surface area contributed by atoms with Crippen LogP contribution < -0.4 is 0 Å². The summed E-state index contributed by atoms with van der Waals surface area (Å²) in [5.41, 5.74) is -1.40. The number of rotatable bonds is 5. The van der Waals surface area contributed by atoms with Gasteiger partial charge in [-0.25, -0.2) is 0 Å². The molecule has 0 aliphatic rings. The molecule has 0 spiro atoms. The monoisotopic (exact) mass is 339 g/mol. The lowest BCUT2D eigenvalue weighted by molar-refractivity contribution is -0.385. The number of halogens is 4. The summed E-state index contributed by atoms with van der Waals surface area (Å²) in [6.45, 7) is 1.94. The van der Waals surface area contributed by atoms with E-state index in [-0.39, 0.29) is 16.8 Å². The van der Waals surface area contributed by atoms with E-state index in [0.29, 0.717) is 6.07 Å². The first kappa shape index (κ1) is 15.9. The molecule has 1 atom stereocenters. The van der Waals surface area contributed by atoms with Crippen LogP contribution in [0.25, 0.3) is 0 Å². The number of hydrogen-bond acceptors (Lipinski definition) is 2. The van der Waals surface area contributed by atoms with Crippen LogP contribution in [-0.2, 0) is 12.6 Å². The molecule has 0 fully saturated rings. The Hall–Kier alpha value is -1.11. The van der Waals surface area contributed by atoms with E-state index in [4.69, 9.17) is 0 Å². The molecule has 0 amide bonds. The van der Waals surface area contributed by atoms with E-state index in [0.717, 1.165) is 18.9 Å². The zero-order valence-corrected chi connectivity index (χ0v) is 11.8. The molecule has 0 radical (unpaired) electrons. The number of benzene rings is 1. The molecular weight excluding hydrogens is 327 g/mol. The molecule has 0 saturated heterocycles. The van der Waals surface area contributed by atoms with Gasteiger partial charge in [0, 0.05) is 17.0 Å². The summed E-state index contributed by atoms with van der Waals surface area (Å²) < 4.78 is 38.7. The zero-order chi connectivity index (χ0) is 14.6. The summed E-state index contributed by atoms with van der Waals surface area (Å²) >= 11 is 3.32. The van der Waals surface area contributed by atoms with Crippen LogP contribution in [0.3, 0.4) is 0 Å². The number of hydrogen-bond donors (Lipinski definition) is 0. The number of nitrogens with zero attached hydrogens (tertiary/aromatic N) is 1. The molecule has 0 aliphatic carbocycles. The lowest BCUT2D eigenvalue weighted by Gasteiger charge is -2.15. The fourth-order valence-electron chi connectivity index (χ4n) is 1.77. The van der Waals surface area contributed by atoms with Crippen molar-refractivity contribution >= 4 is 21.6 Å². The highest BCUT2D eigenvalue weighted by atomic mass is 79.9. The molecular formula is C12H13BrF3NO2. The molecule has 1 rings (SSSR count). The SMILES string of the molecule is CCCC(Br)Cc1ccc([N+](=O)[O-])cc1C(F)(F)F. The highest BCUT2D eigenvalue weighted by Crippen LogP contribution is 2.35. The molecule has 3 nitrogen and oxygen atoms in total. The fraction of sp³-hybridized carbons (Fsp3) is 0.500. The number of non-ortho nitro benzene ring substituents is 1. The maximum absolute atomic E-state index is 12.9. The van der Waals surface area contributed by atoms with Gasteiger partial charge in [0.1, 0.15) is 0 Å². The van der Waals surface area contributed by atoms with Crippen molar-refractivity contribution in [1.82, 2.24) is 0 Å². The van der Waals surface area contributed by atoms with Gasteiger partial charge in [0.15, 0.2) is 0 Å². The number of alkyl halides is 4. The van der Waals surface area contributed by atoms with Crippen molar-refractivity contribution in [2.24, 2.45) is 0 Å². The van der Waals surface area contributed by atoms with E-state index in [1.807, 2.05) is 6.92 Å². The fourth-order valence-corrected chi connectivity index (χ4v) is 2.58. The first-order valence-corrected chi connectivity index (χ1v) is 6.65.